The van der Waals surface area contributed by atoms with Gasteiger partial charge in [-0.3, -0.25) is 0 Å². The van der Waals surface area contributed by atoms with Crippen molar-refractivity contribution in [3.8, 4) is 5.88 Å². The number of anilines is 1. The Morgan fingerprint density at radius 3 is 3.00 bits per heavy atom. The van der Waals surface area contributed by atoms with E-state index in [1.54, 1.807) is 6.20 Å². The van der Waals surface area contributed by atoms with Crippen LogP contribution in [0.1, 0.15) is 25.3 Å². The van der Waals surface area contributed by atoms with Gasteiger partial charge in [0, 0.05) is 22.1 Å². The number of aromatic nitrogens is 3. The summed E-state index contributed by atoms with van der Waals surface area (Å²) >= 11 is 13.1. The van der Waals surface area contributed by atoms with E-state index in [1.165, 1.54) is 18.4 Å². The highest BCUT2D eigenvalue weighted by Crippen LogP contribution is 2.39. The molecule has 3 aromatic rings. The number of nitrogens with one attached hydrogen (secondary N) is 2. The maximum atomic E-state index is 6.01. The predicted molar refractivity (Wildman–Crippen MR) is 94.4 cm³/mol. The number of fused-ring (bicyclic) bond motifs is 1. The molecule has 0 unspecified atom stereocenters. The molecule has 2 heterocycles. The van der Waals surface area contributed by atoms with Gasteiger partial charge < -0.3 is 14.0 Å². The van der Waals surface area contributed by atoms with Crippen molar-refractivity contribution in [2.75, 3.05) is 4.72 Å². The second kappa shape index (κ2) is 6.19. The number of nitrogens with zero attached hydrogens (tertiary/aromatic N) is 2. The van der Waals surface area contributed by atoms with Gasteiger partial charge in [0.25, 0.3) is 5.88 Å². The fourth-order valence-electron chi connectivity index (χ4n) is 2.66. The number of hydrogen-bond acceptors (Lipinski definition) is 4. The van der Waals surface area contributed by atoms with Gasteiger partial charge in [-0.25, -0.2) is 4.68 Å². The molecule has 1 saturated carbocycles. The Kier molecular flexibility index (Phi) is 4.05. The van der Waals surface area contributed by atoms with Gasteiger partial charge in [-0.2, -0.15) is 5.10 Å². The fourth-order valence-corrected chi connectivity index (χ4v) is 3.75. The second-order valence-electron chi connectivity index (χ2n) is 5.52. The highest BCUT2D eigenvalue weighted by molar-refractivity contribution is 8.00. The first-order chi connectivity index (χ1) is 11.3. The molecule has 5 nitrogen and oxygen atoms in total. The Labute approximate surface area is 147 Å². The molecule has 0 atom stereocenters. The molecular weight excluding hydrogens is 355 g/mol. The largest absolute Gasteiger partial charge is 0.363 e. The first kappa shape index (κ1) is 15.1. The van der Waals surface area contributed by atoms with Crippen molar-refractivity contribution in [2.45, 2.75) is 30.2 Å². The van der Waals surface area contributed by atoms with E-state index in [-0.39, 0.29) is 0 Å². The van der Waals surface area contributed by atoms with Crippen LogP contribution in [0.15, 0.2) is 35.5 Å². The molecule has 0 amide bonds. The summed E-state index contributed by atoms with van der Waals surface area (Å²) in [5.41, 5.74) is 1.76. The van der Waals surface area contributed by atoms with Gasteiger partial charge in [0.15, 0.2) is 0 Å². The van der Waals surface area contributed by atoms with Gasteiger partial charge in [0.1, 0.15) is 17.6 Å². The zero-order chi connectivity index (χ0) is 15.8. The smallest absolute Gasteiger partial charge is 0.260 e. The van der Waals surface area contributed by atoms with Crippen molar-refractivity contribution in [3.05, 3.63) is 35.6 Å². The van der Waals surface area contributed by atoms with Crippen LogP contribution in [0.5, 0.6) is 5.88 Å². The van der Waals surface area contributed by atoms with Crippen molar-refractivity contribution in [1.29, 1.82) is 0 Å². The predicted octanol–water partition coefficient (Wildman–Crippen LogP) is 5.39. The van der Waals surface area contributed by atoms with Crippen LogP contribution >= 0.6 is 35.4 Å². The third-order valence-corrected chi connectivity index (χ3v) is 5.38. The van der Waals surface area contributed by atoms with E-state index in [0.29, 0.717) is 16.9 Å². The molecule has 4 rings (SSSR count). The van der Waals surface area contributed by atoms with E-state index in [1.807, 2.05) is 29.1 Å². The molecule has 0 saturated heterocycles. The summed E-state index contributed by atoms with van der Waals surface area (Å²) in [5.74, 6) is 0.562. The van der Waals surface area contributed by atoms with Crippen molar-refractivity contribution < 1.29 is 4.29 Å². The van der Waals surface area contributed by atoms with E-state index in [4.69, 9.17) is 27.8 Å². The molecule has 1 aliphatic carbocycles. The van der Waals surface area contributed by atoms with Gasteiger partial charge in [0.2, 0.25) is 0 Å². The molecule has 1 fully saturated rings. The molecule has 0 radical (unpaired) electrons. The normalized spacial score (nSPS) is 14.9. The Hall–Kier alpha value is -1.50. The minimum Gasteiger partial charge on any atom is -0.363 e. The lowest BCUT2D eigenvalue weighted by molar-refractivity contribution is 0.272. The van der Waals surface area contributed by atoms with Crippen LogP contribution < -0.4 is 9.01 Å². The van der Waals surface area contributed by atoms with Crippen LogP contribution in [0.4, 0.5) is 5.69 Å². The molecular formula is C15H14Cl2N4OS. The van der Waals surface area contributed by atoms with Crippen molar-refractivity contribution in [3.63, 3.8) is 0 Å². The second-order valence-corrected chi connectivity index (χ2v) is 6.96. The summed E-state index contributed by atoms with van der Waals surface area (Å²) < 4.78 is 10.1. The molecule has 0 bridgehead atoms. The molecule has 2 N–H and O–H groups in total. The summed E-state index contributed by atoms with van der Waals surface area (Å²) in [6.07, 6.45) is 7.14. The zero-order valence-electron chi connectivity index (χ0n) is 12.1. The van der Waals surface area contributed by atoms with Crippen LogP contribution in [0.3, 0.4) is 0 Å². The van der Waals surface area contributed by atoms with E-state index >= 15 is 0 Å². The maximum absolute atomic E-state index is 6.01. The van der Waals surface area contributed by atoms with E-state index < -0.39 is 0 Å². The monoisotopic (exact) mass is 368 g/mol. The van der Waals surface area contributed by atoms with E-state index in [0.717, 1.165) is 34.3 Å². The summed E-state index contributed by atoms with van der Waals surface area (Å²) in [5, 5.41) is 6.20. The number of benzene rings is 1. The molecule has 2 aromatic heterocycles. The van der Waals surface area contributed by atoms with Crippen molar-refractivity contribution in [2.24, 2.45) is 0 Å². The molecule has 1 aromatic carbocycles. The number of rotatable bonds is 5. The first-order valence-electron chi connectivity index (χ1n) is 7.32. The van der Waals surface area contributed by atoms with Crippen molar-refractivity contribution in [1.82, 2.24) is 14.8 Å². The minimum absolute atomic E-state index is 0.388. The van der Waals surface area contributed by atoms with Gasteiger partial charge in [-0.1, -0.05) is 17.7 Å². The van der Waals surface area contributed by atoms with Crippen LogP contribution in [0, 0.1) is 0 Å². The summed E-state index contributed by atoms with van der Waals surface area (Å²) in [6.45, 7) is 0. The lowest BCUT2D eigenvalue weighted by Crippen LogP contribution is -2.18. The van der Waals surface area contributed by atoms with Crippen LogP contribution in [-0.4, -0.2) is 14.8 Å². The highest BCUT2D eigenvalue weighted by atomic mass is 35.5. The standard InChI is InChI=1S/C15H14Cl2N4OS/c16-9-4-5-11-12(6-9)18-8-14(11)23-20-13-7-19-21(15(13)22-17)10-2-1-3-10/h4-8,10,18,20H,1-3H2. The molecule has 120 valence electrons. The van der Waals surface area contributed by atoms with E-state index in [2.05, 4.69) is 14.8 Å². The number of hydrogen-bond donors (Lipinski definition) is 2. The van der Waals surface area contributed by atoms with Gasteiger partial charge in [-0.15, -0.1) is 0 Å². The van der Waals surface area contributed by atoms with Crippen LogP contribution in [-0.2, 0) is 0 Å². The quantitative estimate of drug-likeness (QED) is 0.592. The Balaban J connectivity index is 1.55. The topological polar surface area (TPSA) is 54.9 Å². The summed E-state index contributed by atoms with van der Waals surface area (Å²) in [7, 11) is 0. The van der Waals surface area contributed by atoms with Gasteiger partial charge in [0.05, 0.1) is 17.1 Å². The van der Waals surface area contributed by atoms with Gasteiger partial charge >= 0.3 is 0 Å². The Bertz CT molecular complexity index is 843. The molecule has 1 aliphatic rings. The van der Waals surface area contributed by atoms with Gasteiger partial charge in [-0.05, 0) is 43.3 Å². The van der Waals surface area contributed by atoms with Crippen molar-refractivity contribution >= 4 is 52.0 Å². The first-order valence-corrected chi connectivity index (χ1v) is 8.82. The third kappa shape index (κ3) is 2.75. The fraction of sp³-hybridized carbons (Fsp3) is 0.267. The van der Waals surface area contributed by atoms with Crippen LogP contribution in [0.25, 0.3) is 10.9 Å². The number of halogens is 2. The lowest BCUT2D eigenvalue weighted by Gasteiger charge is -2.26. The van der Waals surface area contributed by atoms with Crippen LogP contribution in [0.2, 0.25) is 5.02 Å². The summed E-state index contributed by atoms with van der Waals surface area (Å²) in [6, 6.07) is 6.17. The number of H-pyrrole nitrogens is 1. The van der Waals surface area contributed by atoms with E-state index in [9.17, 15) is 0 Å². The average Bonchev–Trinajstić information content (AvgIpc) is 3.07. The Morgan fingerprint density at radius 2 is 2.26 bits per heavy atom. The molecule has 0 aliphatic heterocycles. The lowest BCUT2D eigenvalue weighted by atomic mass is 9.93. The maximum Gasteiger partial charge on any atom is 0.260 e. The molecule has 8 heteroatoms. The summed E-state index contributed by atoms with van der Waals surface area (Å²) in [4.78, 5) is 4.28. The number of aromatic amines is 1. The third-order valence-electron chi connectivity index (χ3n) is 4.12. The molecule has 0 spiro atoms. The zero-order valence-corrected chi connectivity index (χ0v) is 14.4. The average molecular weight is 369 g/mol. The highest BCUT2D eigenvalue weighted by Gasteiger charge is 2.25. The minimum atomic E-state index is 0.388. The molecule has 23 heavy (non-hydrogen) atoms. The SMILES string of the molecule is ClOc1c(NSc2c[nH]c3cc(Cl)ccc23)cnn1C1CCC1. The Morgan fingerprint density at radius 1 is 1.39 bits per heavy atom.